The predicted molar refractivity (Wildman–Crippen MR) is 59.3 cm³/mol. The molecule has 0 heterocycles. The molecule has 16 heavy (non-hydrogen) atoms. The van der Waals surface area contributed by atoms with Gasteiger partial charge in [-0.25, -0.2) is 0 Å². The summed E-state index contributed by atoms with van der Waals surface area (Å²) in [6.45, 7) is 0.341. The van der Waals surface area contributed by atoms with E-state index >= 15 is 0 Å². The summed E-state index contributed by atoms with van der Waals surface area (Å²) < 4.78 is 0. The number of hydrogen-bond acceptors (Lipinski definition) is 6. The van der Waals surface area contributed by atoms with Crippen LogP contribution in [0.3, 0.4) is 0 Å². The molecule has 1 atom stereocenters. The maximum absolute atomic E-state index is 9.56. The van der Waals surface area contributed by atoms with Gasteiger partial charge >= 0.3 is 0 Å². The van der Waals surface area contributed by atoms with Crippen LogP contribution in [0, 0.1) is 0 Å². The lowest BCUT2D eigenvalue weighted by molar-refractivity contribution is 0.236. The molecule has 0 aromatic rings. The Kier molecular flexibility index (Phi) is 4.97. The topological polar surface area (TPSA) is 105 Å². The summed E-state index contributed by atoms with van der Waals surface area (Å²) in [6, 6.07) is 0. The quantitative estimate of drug-likeness (QED) is 0.402. The first-order chi connectivity index (χ1) is 7.69. The molecule has 6 heteroatoms. The van der Waals surface area contributed by atoms with E-state index < -0.39 is 6.10 Å². The number of hydrogen-bond donors (Lipinski definition) is 5. The van der Waals surface area contributed by atoms with Crippen LogP contribution in [0.4, 0.5) is 0 Å². The number of rotatable bonds is 5. The minimum absolute atomic E-state index is 0.0527. The third-order valence-electron chi connectivity index (χ3n) is 2.01. The Bertz CT molecular complexity index is 323. The molecule has 0 saturated carbocycles. The predicted octanol–water partition coefficient (Wildman–Crippen LogP) is -1.30. The zero-order chi connectivity index (χ0) is 12.0. The van der Waals surface area contributed by atoms with Crippen LogP contribution < -0.4 is 5.32 Å². The van der Waals surface area contributed by atoms with Gasteiger partial charge in [-0.05, 0) is 12.2 Å². The van der Waals surface area contributed by atoms with Crippen molar-refractivity contribution in [3.8, 4) is 0 Å². The molecule has 0 amide bonds. The van der Waals surface area contributed by atoms with Crippen LogP contribution in [0.5, 0.6) is 0 Å². The van der Waals surface area contributed by atoms with Gasteiger partial charge in [0.15, 0.2) is 0 Å². The third kappa shape index (κ3) is 3.34. The van der Waals surface area contributed by atoms with E-state index in [9.17, 15) is 10.2 Å². The normalized spacial score (nSPS) is 22.9. The fourth-order valence-electron chi connectivity index (χ4n) is 1.28. The van der Waals surface area contributed by atoms with Gasteiger partial charge in [0, 0.05) is 12.2 Å². The first-order valence-corrected chi connectivity index (χ1v) is 5.00. The molecule has 6 nitrogen and oxygen atoms in total. The number of allylic oxidation sites excluding steroid dienone is 1. The number of aliphatic hydroxyl groups is 4. The molecule has 1 aliphatic carbocycles. The van der Waals surface area contributed by atoms with E-state index in [1.165, 1.54) is 12.2 Å². The maximum Gasteiger partial charge on any atom is 0.139 e. The number of aliphatic imine (C=N–C) groups is 1. The summed E-state index contributed by atoms with van der Waals surface area (Å²) in [4.78, 5) is 3.93. The highest BCUT2D eigenvalue weighted by Gasteiger charge is 2.18. The first-order valence-electron chi connectivity index (χ1n) is 5.00. The van der Waals surface area contributed by atoms with Gasteiger partial charge in [-0.15, -0.1) is 0 Å². The van der Waals surface area contributed by atoms with Crippen molar-refractivity contribution in [3.63, 3.8) is 0 Å². The minimum atomic E-state index is -0.931. The van der Waals surface area contributed by atoms with Gasteiger partial charge in [0.1, 0.15) is 17.6 Å². The lowest BCUT2D eigenvalue weighted by Gasteiger charge is -2.18. The van der Waals surface area contributed by atoms with E-state index in [2.05, 4.69) is 10.3 Å². The zero-order valence-electron chi connectivity index (χ0n) is 8.80. The largest absolute Gasteiger partial charge is 0.506 e. The van der Waals surface area contributed by atoms with Gasteiger partial charge in [0.2, 0.25) is 0 Å². The summed E-state index contributed by atoms with van der Waals surface area (Å²) >= 11 is 0. The van der Waals surface area contributed by atoms with Gasteiger partial charge in [-0.3, -0.25) is 4.99 Å². The average Bonchev–Trinajstić information content (AvgIpc) is 2.26. The molecule has 1 aliphatic rings. The zero-order valence-corrected chi connectivity index (χ0v) is 8.80. The Morgan fingerprint density at radius 2 is 2.06 bits per heavy atom. The Balaban J connectivity index is 2.76. The minimum Gasteiger partial charge on any atom is -0.506 e. The Morgan fingerprint density at radius 3 is 2.69 bits per heavy atom. The lowest BCUT2D eigenvalue weighted by atomic mass is 10.1. The van der Waals surface area contributed by atoms with E-state index in [4.69, 9.17) is 10.2 Å². The highest BCUT2D eigenvalue weighted by Crippen LogP contribution is 2.12. The molecule has 0 bridgehead atoms. The Morgan fingerprint density at radius 1 is 1.31 bits per heavy atom. The molecular weight excluding hydrogens is 212 g/mol. The second-order valence-electron chi connectivity index (χ2n) is 3.24. The van der Waals surface area contributed by atoms with E-state index in [-0.39, 0.29) is 25.5 Å². The van der Waals surface area contributed by atoms with Crippen molar-refractivity contribution in [3.05, 3.63) is 23.6 Å². The average molecular weight is 228 g/mol. The molecule has 0 aromatic heterocycles. The van der Waals surface area contributed by atoms with Crippen LogP contribution >= 0.6 is 0 Å². The van der Waals surface area contributed by atoms with Crippen LogP contribution in [-0.4, -0.2) is 58.5 Å². The van der Waals surface area contributed by atoms with E-state index in [0.717, 1.165) is 0 Å². The summed E-state index contributed by atoms with van der Waals surface area (Å²) in [5.74, 6) is -0.115. The van der Waals surface area contributed by atoms with Crippen LogP contribution in [0.2, 0.25) is 0 Å². The second kappa shape index (κ2) is 6.26. The summed E-state index contributed by atoms with van der Waals surface area (Å²) in [7, 11) is 0. The maximum atomic E-state index is 9.56. The third-order valence-corrected chi connectivity index (χ3v) is 2.01. The lowest BCUT2D eigenvalue weighted by Crippen LogP contribution is -2.29. The molecule has 0 aliphatic heterocycles. The molecule has 1 rings (SSSR count). The van der Waals surface area contributed by atoms with E-state index in [1.807, 2.05) is 0 Å². The van der Waals surface area contributed by atoms with E-state index in [1.54, 1.807) is 0 Å². The summed E-state index contributed by atoms with van der Waals surface area (Å²) in [6.07, 6.45) is 1.81. The second-order valence-corrected chi connectivity index (χ2v) is 3.24. The number of nitrogens with zero attached hydrogens (tertiary/aromatic N) is 1. The Labute approximate surface area is 93.3 Å². The molecule has 0 radical (unpaired) electrons. The van der Waals surface area contributed by atoms with Gasteiger partial charge < -0.3 is 25.7 Å². The smallest absolute Gasteiger partial charge is 0.139 e. The van der Waals surface area contributed by atoms with Gasteiger partial charge in [-0.2, -0.15) is 0 Å². The summed E-state index contributed by atoms with van der Waals surface area (Å²) in [5.41, 5.74) is 0.767. The molecule has 0 saturated heterocycles. The fraction of sp³-hybridized carbons (Fsp3) is 0.500. The van der Waals surface area contributed by atoms with Crippen molar-refractivity contribution in [2.45, 2.75) is 6.10 Å². The molecular formula is C10H16N2O4. The van der Waals surface area contributed by atoms with Crippen molar-refractivity contribution in [2.24, 2.45) is 4.99 Å². The number of aliphatic hydroxyl groups excluding tert-OH is 4. The summed E-state index contributed by atoms with van der Waals surface area (Å²) in [5, 5.41) is 39.1. The van der Waals surface area contributed by atoms with Crippen LogP contribution in [0.15, 0.2) is 28.6 Å². The van der Waals surface area contributed by atoms with Gasteiger partial charge in [-0.1, -0.05) is 0 Å². The Hall–Kier alpha value is -1.37. The van der Waals surface area contributed by atoms with E-state index in [0.29, 0.717) is 18.0 Å². The first kappa shape index (κ1) is 12.7. The molecule has 0 spiro atoms. The molecule has 0 aromatic carbocycles. The standard InChI is InChI=1S/C10H16N2O4/c13-3-1-11-7-5-8(12-2-4-14)10(16)6-9(7)15/h5-6,9,11,13-16H,1-4H2/b12-8-. The van der Waals surface area contributed by atoms with Gasteiger partial charge in [0.05, 0.1) is 19.8 Å². The van der Waals surface area contributed by atoms with Crippen LogP contribution in [0.1, 0.15) is 0 Å². The van der Waals surface area contributed by atoms with Crippen molar-refractivity contribution in [1.82, 2.24) is 5.32 Å². The fourth-order valence-corrected chi connectivity index (χ4v) is 1.28. The van der Waals surface area contributed by atoms with Crippen LogP contribution in [-0.2, 0) is 0 Å². The molecule has 5 N–H and O–H groups in total. The van der Waals surface area contributed by atoms with Crippen molar-refractivity contribution in [1.29, 1.82) is 0 Å². The highest BCUT2D eigenvalue weighted by atomic mass is 16.3. The molecule has 0 fully saturated rings. The van der Waals surface area contributed by atoms with Crippen molar-refractivity contribution in [2.75, 3.05) is 26.3 Å². The van der Waals surface area contributed by atoms with Crippen LogP contribution in [0.25, 0.3) is 0 Å². The highest BCUT2D eigenvalue weighted by molar-refractivity contribution is 6.08. The number of nitrogens with one attached hydrogen (secondary N) is 1. The SMILES string of the molecule is OCC/N=C1/C=C(NCCO)C(O)C=C1O. The van der Waals surface area contributed by atoms with Gasteiger partial charge in [0.25, 0.3) is 0 Å². The molecule has 1 unspecified atom stereocenters. The molecule has 90 valence electrons. The van der Waals surface area contributed by atoms with Crippen molar-refractivity contribution < 1.29 is 20.4 Å². The monoisotopic (exact) mass is 228 g/mol. The van der Waals surface area contributed by atoms with Crippen molar-refractivity contribution >= 4 is 5.71 Å².